The average Bonchev–Trinajstić information content (AvgIpc) is 3.01. The normalized spacial score (nSPS) is 22.6. The monoisotopic (exact) mass is 283 g/mol. The van der Waals surface area contributed by atoms with Crippen LogP contribution in [0.15, 0.2) is 30.3 Å². The Kier molecular flexibility index (Phi) is 3.83. The van der Waals surface area contributed by atoms with E-state index in [9.17, 15) is 4.79 Å². The molecule has 0 spiro atoms. The molecular formula is C12H14BrNO2. The molecule has 1 amide bonds. The second-order valence-electron chi connectivity index (χ2n) is 3.95. The van der Waals surface area contributed by atoms with Gasteiger partial charge in [0.1, 0.15) is 6.61 Å². The van der Waals surface area contributed by atoms with E-state index in [0.717, 1.165) is 12.0 Å². The lowest BCUT2D eigenvalue weighted by Crippen LogP contribution is -2.26. The molecular weight excluding hydrogens is 270 g/mol. The Morgan fingerprint density at radius 1 is 1.44 bits per heavy atom. The number of hydrogen-bond acceptors (Lipinski definition) is 2. The van der Waals surface area contributed by atoms with Crippen molar-refractivity contribution in [2.45, 2.75) is 17.9 Å². The van der Waals surface area contributed by atoms with Crippen LogP contribution in [0.5, 0.6) is 0 Å². The van der Waals surface area contributed by atoms with Crippen LogP contribution in [-0.4, -0.2) is 17.5 Å². The van der Waals surface area contributed by atoms with E-state index >= 15 is 0 Å². The third kappa shape index (κ3) is 3.52. The van der Waals surface area contributed by atoms with E-state index in [4.69, 9.17) is 4.74 Å². The first-order valence-electron chi connectivity index (χ1n) is 5.34. The quantitative estimate of drug-likeness (QED) is 0.863. The lowest BCUT2D eigenvalue weighted by molar-refractivity contribution is 0.139. The average molecular weight is 284 g/mol. The molecule has 0 aliphatic heterocycles. The lowest BCUT2D eigenvalue weighted by Gasteiger charge is -2.06. The highest BCUT2D eigenvalue weighted by Gasteiger charge is 2.34. The van der Waals surface area contributed by atoms with Crippen molar-refractivity contribution in [2.75, 3.05) is 6.54 Å². The first-order chi connectivity index (χ1) is 7.75. The maximum atomic E-state index is 11.3. The molecule has 2 rings (SSSR count). The van der Waals surface area contributed by atoms with E-state index in [-0.39, 0.29) is 6.09 Å². The van der Waals surface area contributed by atoms with E-state index in [0.29, 0.717) is 23.9 Å². The second kappa shape index (κ2) is 5.34. The van der Waals surface area contributed by atoms with Gasteiger partial charge in [-0.3, -0.25) is 0 Å². The van der Waals surface area contributed by atoms with Crippen molar-refractivity contribution in [3.63, 3.8) is 0 Å². The topological polar surface area (TPSA) is 38.3 Å². The third-order valence-corrected chi connectivity index (χ3v) is 3.68. The molecule has 0 saturated heterocycles. The molecule has 3 nitrogen and oxygen atoms in total. The van der Waals surface area contributed by atoms with Gasteiger partial charge in [0.2, 0.25) is 0 Å². The van der Waals surface area contributed by atoms with Gasteiger partial charge in [-0.25, -0.2) is 4.79 Å². The maximum absolute atomic E-state index is 11.3. The Morgan fingerprint density at radius 2 is 2.12 bits per heavy atom. The Balaban J connectivity index is 1.64. The summed E-state index contributed by atoms with van der Waals surface area (Å²) in [6, 6.07) is 9.66. The summed E-state index contributed by atoms with van der Waals surface area (Å²) >= 11 is 3.48. The molecule has 1 saturated carbocycles. The van der Waals surface area contributed by atoms with Gasteiger partial charge in [0.25, 0.3) is 0 Å². The molecule has 86 valence electrons. The molecule has 4 heteroatoms. The number of alkyl halides is 1. The van der Waals surface area contributed by atoms with Crippen molar-refractivity contribution in [2.24, 2.45) is 5.92 Å². The van der Waals surface area contributed by atoms with E-state index in [1.807, 2.05) is 30.3 Å². The Labute approximate surface area is 103 Å². The van der Waals surface area contributed by atoms with Crippen LogP contribution < -0.4 is 5.32 Å². The Bertz CT molecular complexity index is 355. The number of amides is 1. The molecule has 16 heavy (non-hydrogen) atoms. The van der Waals surface area contributed by atoms with E-state index < -0.39 is 0 Å². The molecule has 0 heterocycles. The molecule has 1 N–H and O–H groups in total. The van der Waals surface area contributed by atoms with Gasteiger partial charge in [-0.2, -0.15) is 0 Å². The van der Waals surface area contributed by atoms with Crippen LogP contribution in [0.4, 0.5) is 4.79 Å². The van der Waals surface area contributed by atoms with Crippen LogP contribution >= 0.6 is 15.9 Å². The van der Waals surface area contributed by atoms with Crippen molar-refractivity contribution in [3.05, 3.63) is 35.9 Å². The van der Waals surface area contributed by atoms with Gasteiger partial charge in [0.15, 0.2) is 0 Å². The number of carbonyl (C=O) groups excluding carboxylic acids is 1. The molecule has 1 aromatic rings. The predicted octanol–water partition coefficient (Wildman–Crippen LogP) is 2.70. The molecule has 2 atom stereocenters. The number of hydrogen-bond donors (Lipinski definition) is 1. The van der Waals surface area contributed by atoms with Crippen LogP contribution in [0.25, 0.3) is 0 Å². The van der Waals surface area contributed by atoms with Gasteiger partial charge in [-0.15, -0.1) is 0 Å². The molecule has 0 unspecified atom stereocenters. The van der Waals surface area contributed by atoms with E-state index in [1.165, 1.54) is 0 Å². The molecule has 1 fully saturated rings. The molecule has 0 aromatic heterocycles. The second-order valence-corrected chi connectivity index (χ2v) is 5.13. The molecule has 1 aliphatic carbocycles. The first-order valence-corrected chi connectivity index (χ1v) is 6.26. The van der Waals surface area contributed by atoms with Gasteiger partial charge >= 0.3 is 6.09 Å². The standard InChI is InChI=1S/C12H14BrNO2/c13-11-6-10(11)7-14-12(15)16-8-9-4-2-1-3-5-9/h1-5,10-11H,6-8H2,(H,14,15)/t10-,11-/m1/s1. The van der Waals surface area contributed by atoms with E-state index in [2.05, 4.69) is 21.2 Å². The Hall–Kier alpha value is -1.03. The lowest BCUT2D eigenvalue weighted by atomic mass is 10.2. The number of alkyl carbamates (subject to hydrolysis) is 1. The molecule has 1 aromatic carbocycles. The number of carbonyl (C=O) groups is 1. The summed E-state index contributed by atoms with van der Waals surface area (Å²) in [7, 11) is 0. The minimum absolute atomic E-state index is 0.328. The smallest absolute Gasteiger partial charge is 0.407 e. The zero-order chi connectivity index (χ0) is 11.4. The summed E-state index contributed by atoms with van der Waals surface area (Å²) in [5, 5.41) is 2.75. The highest BCUT2D eigenvalue weighted by atomic mass is 79.9. The minimum atomic E-state index is -0.338. The number of nitrogens with one attached hydrogen (secondary N) is 1. The molecule has 0 radical (unpaired) electrons. The van der Waals surface area contributed by atoms with Crippen LogP contribution in [-0.2, 0) is 11.3 Å². The SMILES string of the molecule is O=C(NC[C@H]1C[C@H]1Br)OCc1ccccc1. The zero-order valence-electron chi connectivity index (χ0n) is 8.86. The van der Waals surface area contributed by atoms with Crippen LogP contribution in [0.3, 0.4) is 0 Å². The summed E-state index contributed by atoms with van der Waals surface area (Å²) in [5.74, 6) is 0.573. The van der Waals surface area contributed by atoms with Crippen molar-refractivity contribution in [1.29, 1.82) is 0 Å². The summed E-state index contributed by atoms with van der Waals surface area (Å²) in [5.41, 5.74) is 1.00. The highest BCUT2D eigenvalue weighted by molar-refractivity contribution is 9.09. The van der Waals surface area contributed by atoms with Gasteiger partial charge in [-0.05, 0) is 17.9 Å². The number of halogens is 1. The van der Waals surface area contributed by atoms with Gasteiger partial charge in [0, 0.05) is 11.4 Å². The summed E-state index contributed by atoms with van der Waals surface area (Å²) in [6.45, 7) is 1.03. The number of rotatable bonds is 4. The predicted molar refractivity (Wildman–Crippen MR) is 65.5 cm³/mol. The summed E-state index contributed by atoms with van der Waals surface area (Å²) < 4.78 is 5.08. The fourth-order valence-corrected chi connectivity index (χ4v) is 2.08. The third-order valence-electron chi connectivity index (χ3n) is 2.56. The highest BCUT2D eigenvalue weighted by Crippen LogP contribution is 2.36. The fraction of sp³-hybridized carbons (Fsp3) is 0.417. The van der Waals surface area contributed by atoms with Crippen LogP contribution in [0, 0.1) is 5.92 Å². The van der Waals surface area contributed by atoms with Gasteiger partial charge < -0.3 is 10.1 Å². The minimum Gasteiger partial charge on any atom is -0.445 e. The van der Waals surface area contributed by atoms with Gasteiger partial charge in [-0.1, -0.05) is 46.3 Å². The fourth-order valence-electron chi connectivity index (χ4n) is 1.41. The van der Waals surface area contributed by atoms with Crippen LogP contribution in [0.1, 0.15) is 12.0 Å². The van der Waals surface area contributed by atoms with E-state index in [1.54, 1.807) is 0 Å². The van der Waals surface area contributed by atoms with Crippen molar-refractivity contribution >= 4 is 22.0 Å². The van der Waals surface area contributed by atoms with Crippen LogP contribution in [0.2, 0.25) is 0 Å². The van der Waals surface area contributed by atoms with Gasteiger partial charge in [0.05, 0.1) is 0 Å². The summed E-state index contributed by atoms with van der Waals surface area (Å²) in [4.78, 5) is 11.9. The number of benzene rings is 1. The molecule has 1 aliphatic rings. The number of ether oxygens (including phenoxy) is 1. The first kappa shape index (κ1) is 11.5. The maximum Gasteiger partial charge on any atom is 0.407 e. The Morgan fingerprint density at radius 3 is 2.75 bits per heavy atom. The summed E-state index contributed by atoms with van der Waals surface area (Å²) in [6.07, 6.45) is 0.800. The largest absolute Gasteiger partial charge is 0.445 e. The van der Waals surface area contributed by atoms with Crippen molar-refractivity contribution in [1.82, 2.24) is 5.32 Å². The van der Waals surface area contributed by atoms with Crippen molar-refractivity contribution in [3.8, 4) is 0 Å². The zero-order valence-corrected chi connectivity index (χ0v) is 10.4. The van der Waals surface area contributed by atoms with Crippen molar-refractivity contribution < 1.29 is 9.53 Å². The molecule has 0 bridgehead atoms.